The van der Waals surface area contributed by atoms with Gasteiger partial charge >= 0.3 is 12.1 Å². The number of fused-ring (bicyclic) bond motifs is 1. The van der Waals surface area contributed by atoms with E-state index in [2.05, 4.69) is 10.3 Å². The molecular weight excluding hydrogens is 396 g/mol. The van der Waals surface area contributed by atoms with Crippen LogP contribution >= 0.6 is 0 Å². The molecule has 1 heterocycles. The molecule has 1 unspecified atom stereocenters. The fraction of sp³-hybridized carbons (Fsp3) is 0.292. The molecule has 0 fully saturated rings. The van der Waals surface area contributed by atoms with Gasteiger partial charge in [0.05, 0.1) is 6.61 Å². The first-order chi connectivity index (χ1) is 14.9. The Bertz CT molecular complexity index is 1040. The van der Waals surface area contributed by atoms with Crippen LogP contribution in [0, 0.1) is 5.92 Å². The van der Waals surface area contributed by atoms with Gasteiger partial charge in [-0.1, -0.05) is 62.4 Å². The van der Waals surface area contributed by atoms with Gasteiger partial charge in [0.2, 0.25) is 0 Å². The zero-order chi connectivity index (χ0) is 22.2. The molecule has 7 nitrogen and oxygen atoms in total. The number of carbonyl (C=O) groups is 3. The highest BCUT2D eigenvalue weighted by Crippen LogP contribution is 2.19. The normalized spacial score (nSPS) is 11.8. The van der Waals surface area contributed by atoms with Gasteiger partial charge in [-0.2, -0.15) is 0 Å². The number of alkyl carbamates (subject to hydrolysis) is 1. The number of aromatic amines is 1. The molecule has 3 rings (SSSR count). The van der Waals surface area contributed by atoms with Crippen LogP contribution in [0.4, 0.5) is 4.79 Å². The minimum absolute atomic E-state index is 0.160. The summed E-state index contributed by atoms with van der Waals surface area (Å²) in [4.78, 5) is 40.4. The average Bonchev–Trinajstić information content (AvgIpc) is 3.19. The van der Waals surface area contributed by atoms with E-state index in [1.165, 1.54) is 0 Å². The van der Waals surface area contributed by atoms with Crippen molar-refractivity contribution in [2.75, 3.05) is 13.2 Å². The maximum atomic E-state index is 12.8. The van der Waals surface area contributed by atoms with Crippen molar-refractivity contribution in [2.45, 2.75) is 26.3 Å². The molecule has 31 heavy (non-hydrogen) atoms. The molecule has 0 aliphatic carbocycles. The number of ether oxygens (including phenoxy) is 2. The number of H-pyrrole nitrogens is 1. The number of nitrogens with one attached hydrogen (secondary N) is 2. The van der Waals surface area contributed by atoms with E-state index in [0.717, 1.165) is 16.5 Å². The molecule has 1 aromatic heterocycles. The van der Waals surface area contributed by atoms with E-state index in [9.17, 15) is 14.4 Å². The standard InChI is InChI=1S/C24H26N2O5/c1-16(2)14-31-24(29)26-21(12-18-13-25-20-11-7-6-10-19(18)20)23(28)30-15-22(27)17-8-4-3-5-9-17/h3-11,13,16,21,25H,12,14-15H2,1-2H3,(H,26,29). The van der Waals surface area contributed by atoms with Gasteiger partial charge in [-0.3, -0.25) is 4.79 Å². The predicted octanol–water partition coefficient (Wildman–Crippen LogP) is 3.89. The number of carbonyl (C=O) groups excluding carboxylic acids is 3. The van der Waals surface area contributed by atoms with Crippen LogP contribution in [0.15, 0.2) is 60.8 Å². The highest BCUT2D eigenvalue weighted by molar-refractivity contribution is 5.98. The van der Waals surface area contributed by atoms with Gasteiger partial charge in [0.15, 0.2) is 12.4 Å². The van der Waals surface area contributed by atoms with Crippen LogP contribution in [0.2, 0.25) is 0 Å². The lowest BCUT2D eigenvalue weighted by Crippen LogP contribution is -2.44. The Morgan fingerprint density at radius 1 is 0.968 bits per heavy atom. The zero-order valence-corrected chi connectivity index (χ0v) is 17.6. The molecule has 2 aromatic carbocycles. The van der Waals surface area contributed by atoms with E-state index >= 15 is 0 Å². The van der Waals surface area contributed by atoms with E-state index in [4.69, 9.17) is 9.47 Å². The van der Waals surface area contributed by atoms with Crippen LogP contribution in [0.1, 0.15) is 29.8 Å². The first kappa shape index (κ1) is 22.1. The molecule has 7 heteroatoms. The van der Waals surface area contributed by atoms with Crippen molar-refractivity contribution in [3.05, 3.63) is 71.9 Å². The number of hydrogen-bond donors (Lipinski definition) is 2. The van der Waals surface area contributed by atoms with Crippen molar-refractivity contribution in [3.8, 4) is 0 Å². The largest absolute Gasteiger partial charge is 0.456 e. The summed E-state index contributed by atoms with van der Waals surface area (Å²) in [6, 6.07) is 15.2. The second-order valence-corrected chi connectivity index (χ2v) is 7.65. The lowest BCUT2D eigenvalue weighted by Gasteiger charge is -2.18. The molecule has 1 amide bonds. The minimum atomic E-state index is -0.998. The van der Waals surface area contributed by atoms with E-state index in [1.807, 2.05) is 38.1 Å². The maximum absolute atomic E-state index is 12.8. The summed E-state index contributed by atoms with van der Waals surface area (Å²) in [5.74, 6) is -0.855. The number of esters is 1. The highest BCUT2D eigenvalue weighted by atomic mass is 16.6. The van der Waals surface area contributed by atoms with E-state index in [1.54, 1.807) is 36.5 Å². The van der Waals surface area contributed by atoms with Crippen molar-refractivity contribution >= 4 is 28.7 Å². The summed E-state index contributed by atoms with van der Waals surface area (Å²) in [5, 5.41) is 3.52. The Kier molecular flexibility index (Phi) is 7.43. The highest BCUT2D eigenvalue weighted by Gasteiger charge is 2.25. The molecule has 0 aliphatic heterocycles. The summed E-state index contributed by atoms with van der Waals surface area (Å²) in [6.45, 7) is 3.66. The Balaban J connectivity index is 1.70. The molecule has 2 N–H and O–H groups in total. The van der Waals surface area contributed by atoms with E-state index in [-0.39, 0.29) is 24.7 Å². The second kappa shape index (κ2) is 10.4. The maximum Gasteiger partial charge on any atom is 0.407 e. The van der Waals surface area contributed by atoms with Crippen molar-refractivity contribution < 1.29 is 23.9 Å². The van der Waals surface area contributed by atoms with Gasteiger partial charge in [0.25, 0.3) is 0 Å². The van der Waals surface area contributed by atoms with Crippen LogP contribution in [0.3, 0.4) is 0 Å². The first-order valence-corrected chi connectivity index (χ1v) is 10.2. The minimum Gasteiger partial charge on any atom is -0.456 e. The molecule has 0 bridgehead atoms. The van der Waals surface area contributed by atoms with Crippen LogP contribution in [0.25, 0.3) is 10.9 Å². The molecule has 0 spiro atoms. The van der Waals surface area contributed by atoms with Gasteiger partial charge in [-0.05, 0) is 17.5 Å². The summed E-state index contributed by atoms with van der Waals surface area (Å²) in [6.07, 6.45) is 1.28. The number of aromatic nitrogens is 1. The summed E-state index contributed by atoms with van der Waals surface area (Å²) in [7, 11) is 0. The molecule has 0 aliphatic rings. The number of amides is 1. The van der Waals surface area contributed by atoms with Crippen LogP contribution < -0.4 is 5.32 Å². The monoisotopic (exact) mass is 422 g/mol. The number of Topliss-reactive ketones (excluding diaryl/α,β-unsaturated/α-hetero) is 1. The summed E-state index contributed by atoms with van der Waals surface area (Å²) < 4.78 is 10.4. The molecule has 0 radical (unpaired) electrons. The number of para-hydroxylation sites is 1. The van der Waals surface area contributed by atoms with Crippen LogP contribution in [0.5, 0.6) is 0 Å². The Morgan fingerprint density at radius 3 is 2.42 bits per heavy atom. The third kappa shape index (κ3) is 6.18. The molecule has 1 atom stereocenters. The van der Waals surface area contributed by atoms with Gasteiger partial charge in [-0.25, -0.2) is 9.59 Å². The van der Waals surface area contributed by atoms with Crippen LogP contribution in [-0.4, -0.2) is 42.1 Å². The smallest absolute Gasteiger partial charge is 0.407 e. The van der Waals surface area contributed by atoms with Crippen LogP contribution in [-0.2, 0) is 20.7 Å². The van der Waals surface area contributed by atoms with Crippen molar-refractivity contribution in [2.24, 2.45) is 5.92 Å². The van der Waals surface area contributed by atoms with E-state index in [0.29, 0.717) is 5.56 Å². The van der Waals surface area contributed by atoms with Crippen molar-refractivity contribution in [3.63, 3.8) is 0 Å². The molecule has 3 aromatic rings. The topological polar surface area (TPSA) is 97.5 Å². The molecular formula is C24H26N2O5. The Labute approximate surface area is 180 Å². The lowest BCUT2D eigenvalue weighted by molar-refractivity contribution is -0.144. The third-order valence-electron chi connectivity index (χ3n) is 4.66. The summed E-state index contributed by atoms with van der Waals surface area (Å²) in [5.41, 5.74) is 2.22. The quantitative estimate of drug-likeness (QED) is 0.403. The molecule has 0 saturated heterocycles. The SMILES string of the molecule is CC(C)COC(=O)NC(Cc1c[nH]c2ccccc12)C(=O)OCC(=O)c1ccccc1. The van der Waals surface area contributed by atoms with Gasteiger partial charge < -0.3 is 19.8 Å². The third-order valence-corrected chi connectivity index (χ3v) is 4.66. The fourth-order valence-electron chi connectivity index (χ4n) is 3.08. The Morgan fingerprint density at radius 2 is 1.68 bits per heavy atom. The Hall–Kier alpha value is -3.61. The lowest BCUT2D eigenvalue weighted by atomic mass is 10.1. The van der Waals surface area contributed by atoms with Gasteiger partial charge in [0.1, 0.15) is 6.04 Å². The van der Waals surface area contributed by atoms with Gasteiger partial charge in [0, 0.05) is 29.1 Å². The number of hydrogen-bond acceptors (Lipinski definition) is 5. The average molecular weight is 422 g/mol. The van der Waals surface area contributed by atoms with Gasteiger partial charge in [-0.15, -0.1) is 0 Å². The number of ketones is 1. The molecule has 162 valence electrons. The number of rotatable bonds is 9. The predicted molar refractivity (Wildman–Crippen MR) is 117 cm³/mol. The zero-order valence-electron chi connectivity index (χ0n) is 17.6. The van der Waals surface area contributed by atoms with Crippen molar-refractivity contribution in [1.29, 1.82) is 0 Å². The molecule has 0 saturated carbocycles. The van der Waals surface area contributed by atoms with E-state index < -0.39 is 24.7 Å². The number of benzene rings is 2. The second-order valence-electron chi connectivity index (χ2n) is 7.65. The fourth-order valence-corrected chi connectivity index (χ4v) is 3.08. The first-order valence-electron chi connectivity index (χ1n) is 10.2. The summed E-state index contributed by atoms with van der Waals surface area (Å²) >= 11 is 0. The van der Waals surface area contributed by atoms with Crippen molar-refractivity contribution in [1.82, 2.24) is 10.3 Å².